The summed E-state index contributed by atoms with van der Waals surface area (Å²) in [5, 5.41) is 6.50. The third kappa shape index (κ3) is 4.93. The number of ether oxygens (including phenoxy) is 1. The lowest BCUT2D eigenvalue weighted by atomic mass is 10.0. The van der Waals surface area contributed by atoms with Crippen molar-refractivity contribution in [2.45, 2.75) is 12.5 Å². The number of fused-ring (bicyclic) bond motifs is 1. The molecule has 2 amide bonds. The van der Waals surface area contributed by atoms with Crippen LogP contribution in [-0.2, 0) is 16.0 Å². The predicted molar refractivity (Wildman–Crippen MR) is 126 cm³/mol. The Morgan fingerprint density at radius 1 is 0.879 bits per heavy atom. The number of hydrogen-bond acceptors (Lipinski definition) is 4. The van der Waals surface area contributed by atoms with Crippen LogP contribution in [-0.4, -0.2) is 35.9 Å². The van der Waals surface area contributed by atoms with Crippen LogP contribution in [0.3, 0.4) is 0 Å². The molecule has 0 bridgehead atoms. The molecule has 3 aromatic carbocycles. The first kappa shape index (κ1) is 21.8. The molecule has 3 N–H and O–H groups in total. The third-order valence-electron chi connectivity index (χ3n) is 5.35. The first-order valence-electron chi connectivity index (χ1n) is 10.5. The van der Waals surface area contributed by atoms with Crippen LogP contribution in [0.15, 0.2) is 85.1 Å². The minimum atomic E-state index is -0.903. The van der Waals surface area contributed by atoms with Gasteiger partial charge in [-0.3, -0.25) is 9.59 Å². The molecule has 0 spiro atoms. The number of aromatic amines is 1. The maximum atomic E-state index is 13.1. The molecule has 0 saturated heterocycles. The van der Waals surface area contributed by atoms with E-state index in [-0.39, 0.29) is 17.9 Å². The number of H-pyrrole nitrogens is 1. The molecular weight excluding hydrogens is 418 g/mol. The SMILES string of the molecule is COC(=O)[C@H](Cc1c[nH]c2ccccc12)NC(=O)c1ccccc1NC(=O)c1ccccc1. The van der Waals surface area contributed by atoms with E-state index in [1.165, 1.54) is 7.11 Å². The summed E-state index contributed by atoms with van der Waals surface area (Å²) in [6.45, 7) is 0. The number of rotatable bonds is 7. The number of benzene rings is 3. The quantitative estimate of drug-likeness (QED) is 0.378. The van der Waals surface area contributed by atoms with E-state index in [1.54, 1.807) is 48.5 Å². The van der Waals surface area contributed by atoms with Gasteiger partial charge >= 0.3 is 5.97 Å². The molecule has 33 heavy (non-hydrogen) atoms. The van der Waals surface area contributed by atoms with Crippen molar-refractivity contribution in [3.63, 3.8) is 0 Å². The lowest BCUT2D eigenvalue weighted by Gasteiger charge is -2.18. The molecule has 0 radical (unpaired) electrons. The van der Waals surface area contributed by atoms with Crippen molar-refractivity contribution in [1.29, 1.82) is 0 Å². The van der Waals surface area contributed by atoms with E-state index in [9.17, 15) is 14.4 Å². The number of carbonyl (C=O) groups excluding carboxylic acids is 3. The van der Waals surface area contributed by atoms with E-state index in [1.807, 2.05) is 36.5 Å². The monoisotopic (exact) mass is 441 g/mol. The number of hydrogen-bond donors (Lipinski definition) is 3. The van der Waals surface area contributed by atoms with Crippen LogP contribution in [0.4, 0.5) is 5.69 Å². The summed E-state index contributed by atoms with van der Waals surface area (Å²) in [4.78, 5) is 41.4. The number of nitrogens with one attached hydrogen (secondary N) is 3. The van der Waals surface area contributed by atoms with E-state index in [0.717, 1.165) is 16.5 Å². The summed E-state index contributed by atoms with van der Waals surface area (Å²) in [5.74, 6) is -1.38. The summed E-state index contributed by atoms with van der Waals surface area (Å²) < 4.78 is 4.93. The molecule has 7 heteroatoms. The van der Waals surface area contributed by atoms with Crippen LogP contribution < -0.4 is 10.6 Å². The number of esters is 1. The largest absolute Gasteiger partial charge is 0.467 e. The molecule has 4 rings (SSSR count). The van der Waals surface area contributed by atoms with Gasteiger partial charge < -0.3 is 20.4 Å². The summed E-state index contributed by atoms with van der Waals surface area (Å²) >= 11 is 0. The molecular formula is C26H23N3O4. The molecule has 0 aliphatic rings. The average molecular weight is 441 g/mol. The standard InChI is InChI=1S/C26H23N3O4/c1-33-26(32)23(15-18-16-27-21-13-7-5-11-19(18)21)29-25(31)20-12-6-8-14-22(20)28-24(30)17-9-3-2-4-10-17/h2-14,16,23,27H,15H2,1H3,(H,28,30)(H,29,31)/t23-/m0/s1. The van der Waals surface area contributed by atoms with Crippen molar-refractivity contribution in [1.82, 2.24) is 10.3 Å². The van der Waals surface area contributed by atoms with Gasteiger partial charge in [0.15, 0.2) is 0 Å². The number of amides is 2. The summed E-state index contributed by atoms with van der Waals surface area (Å²) in [6, 6.07) is 22.2. The van der Waals surface area contributed by atoms with Crippen LogP contribution in [0, 0.1) is 0 Å². The highest BCUT2D eigenvalue weighted by molar-refractivity contribution is 6.09. The zero-order chi connectivity index (χ0) is 23.2. The molecule has 166 valence electrons. The Kier molecular flexibility index (Phi) is 6.50. The van der Waals surface area contributed by atoms with E-state index in [0.29, 0.717) is 11.3 Å². The van der Waals surface area contributed by atoms with E-state index in [4.69, 9.17) is 4.74 Å². The molecule has 1 atom stereocenters. The van der Waals surface area contributed by atoms with Gasteiger partial charge in [0.05, 0.1) is 18.4 Å². The minimum absolute atomic E-state index is 0.245. The maximum Gasteiger partial charge on any atom is 0.328 e. The topological polar surface area (TPSA) is 100 Å². The number of anilines is 1. The van der Waals surface area contributed by atoms with Crippen LogP contribution in [0.1, 0.15) is 26.3 Å². The molecule has 7 nitrogen and oxygen atoms in total. The van der Waals surface area contributed by atoms with Crippen LogP contribution in [0.5, 0.6) is 0 Å². The van der Waals surface area contributed by atoms with Crippen molar-refractivity contribution in [3.05, 3.63) is 102 Å². The Morgan fingerprint density at radius 3 is 2.36 bits per heavy atom. The molecule has 1 heterocycles. The second-order valence-electron chi connectivity index (χ2n) is 7.48. The fraction of sp³-hybridized carbons (Fsp3) is 0.115. The smallest absolute Gasteiger partial charge is 0.328 e. The van der Waals surface area contributed by atoms with Gasteiger partial charge in [-0.15, -0.1) is 0 Å². The molecule has 0 unspecified atom stereocenters. The molecule has 0 fully saturated rings. The van der Waals surface area contributed by atoms with E-state index < -0.39 is 17.9 Å². The molecule has 0 aliphatic heterocycles. The van der Waals surface area contributed by atoms with Crippen molar-refractivity contribution in [2.24, 2.45) is 0 Å². The van der Waals surface area contributed by atoms with Crippen LogP contribution in [0.2, 0.25) is 0 Å². The van der Waals surface area contributed by atoms with Gasteiger partial charge in [-0.1, -0.05) is 48.5 Å². The Morgan fingerprint density at radius 2 is 1.58 bits per heavy atom. The third-order valence-corrected chi connectivity index (χ3v) is 5.35. The Hall–Kier alpha value is -4.39. The second-order valence-corrected chi connectivity index (χ2v) is 7.48. The van der Waals surface area contributed by atoms with Crippen molar-refractivity contribution >= 4 is 34.4 Å². The van der Waals surface area contributed by atoms with Gasteiger partial charge in [-0.05, 0) is 35.9 Å². The second kappa shape index (κ2) is 9.82. The van der Waals surface area contributed by atoms with Crippen molar-refractivity contribution in [2.75, 3.05) is 12.4 Å². The van der Waals surface area contributed by atoms with Gasteiger partial charge in [0.1, 0.15) is 6.04 Å². The Labute approximate surface area is 190 Å². The lowest BCUT2D eigenvalue weighted by molar-refractivity contribution is -0.142. The highest BCUT2D eigenvalue weighted by atomic mass is 16.5. The van der Waals surface area contributed by atoms with Gasteiger partial charge in [0.2, 0.25) is 0 Å². The summed E-state index contributed by atoms with van der Waals surface area (Å²) in [7, 11) is 1.28. The highest BCUT2D eigenvalue weighted by Crippen LogP contribution is 2.21. The van der Waals surface area contributed by atoms with Gasteiger partial charge in [-0.25, -0.2) is 4.79 Å². The van der Waals surface area contributed by atoms with Crippen LogP contribution >= 0.6 is 0 Å². The number of methoxy groups -OCH3 is 1. The zero-order valence-electron chi connectivity index (χ0n) is 18.0. The average Bonchev–Trinajstić information content (AvgIpc) is 3.26. The molecule has 0 saturated carbocycles. The maximum absolute atomic E-state index is 13.1. The Bertz CT molecular complexity index is 1300. The summed E-state index contributed by atoms with van der Waals surface area (Å²) in [5.41, 5.74) is 2.89. The van der Waals surface area contributed by atoms with Crippen LogP contribution in [0.25, 0.3) is 10.9 Å². The fourth-order valence-corrected chi connectivity index (χ4v) is 3.67. The molecule has 0 aliphatic carbocycles. The Balaban J connectivity index is 1.55. The zero-order valence-corrected chi connectivity index (χ0v) is 18.0. The summed E-state index contributed by atoms with van der Waals surface area (Å²) in [6.07, 6.45) is 2.07. The predicted octanol–water partition coefficient (Wildman–Crippen LogP) is 3.93. The van der Waals surface area contributed by atoms with Crippen molar-refractivity contribution in [3.8, 4) is 0 Å². The van der Waals surface area contributed by atoms with E-state index in [2.05, 4.69) is 15.6 Å². The van der Waals surface area contributed by atoms with Gasteiger partial charge in [0.25, 0.3) is 11.8 Å². The number of aromatic nitrogens is 1. The first-order valence-corrected chi connectivity index (χ1v) is 10.5. The van der Waals surface area contributed by atoms with Gasteiger partial charge in [0, 0.05) is 29.1 Å². The molecule has 4 aromatic rings. The van der Waals surface area contributed by atoms with Crippen molar-refractivity contribution < 1.29 is 19.1 Å². The molecule has 1 aromatic heterocycles. The first-order chi connectivity index (χ1) is 16.1. The lowest BCUT2D eigenvalue weighted by Crippen LogP contribution is -2.43. The number of carbonyl (C=O) groups is 3. The van der Waals surface area contributed by atoms with Gasteiger partial charge in [-0.2, -0.15) is 0 Å². The number of para-hydroxylation sites is 2. The fourth-order valence-electron chi connectivity index (χ4n) is 3.67. The highest BCUT2D eigenvalue weighted by Gasteiger charge is 2.25. The van der Waals surface area contributed by atoms with E-state index >= 15 is 0 Å². The minimum Gasteiger partial charge on any atom is -0.467 e. The normalized spacial score (nSPS) is 11.5.